The zero-order chi connectivity index (χ0) is 50.5. The number of carbonyl (C=O) groups excluding carboxylic acids is 2. The maximum absolute atomic E-state index is 12.9. The van der Waals surface area contributed by atoms with Gasteiger partial charge in [-0.15, -0.1) is 0 Å². The molecular weight excluding hydrogens is 897 g/mol. The van der Waals surface area contributed by atoms with Gasteiger partial charge in [0.05, 0.1) is 6.61 Å². The highest BCUT2D eigenvalue weighted by atomic mass is 32.2. The fraction of sp³-hybridized carbons (Fsp3) is 0.964. The third kappa shape index (κ3) is 40.8. The first-order valence-electron chi connectivity index (χ1n) is 29.1. The summed E-state index contributed by atoms with van der Waals surface area (Å²) in [5, 5.41) is 31.0. The first kappa shape index (κ1) is 65.7. The third-order valence-corrected chi connectivity index (χ3v) is 14.7. The SMILES string of the molecule is CCCCCCCCCCCCCCCCCCCCCCCCCC(=O)OC[C@H](CO[C@H]1O[C@H](CS(=O)(=O)O)[C@@H](O)C(O)C1O)OC(=O)CCCCCCCCCCCCCCCCCCCC. The van der Waals surface area contributed by atoms with Crippen LogP contribution >= 0.6 is 0 Å². The van der Waals surface area contributed by atoms with Crippen molar-refractivity contribution in [2.45, 2.75) is 327 Å². The van der Waals surface area contributed by atoms with Gasteiger partial charge in [-0.1, -0.05) is 264 Å². The van der Waals surface area contributed by atoms with Gasteiger partial charge >= 0.3 is 11.9 Å². The van der Waals surface area contributed by atoms with Crippen molar-refractivity contribution >= 4 is 22.1 Å². The number of rotatable bonds is 51. The molecule has 12 nitrogen and oxygen atoms in total. The van der Waals surface area contributed by atoms with Gasteiger partial charge in [-0.25, -0.2) is 0 Å². The molecule has 6 atom stereocenters. The Kier molecular flexibility index (Phi) is 44.2. The first-order chi connectivity index (χ1) is 33.5. The molecule has 1 fully saturated rings. The molecule has 0 radical (unpaired) electrons. The molecule has 1 saturated heterocycles. The Morgan fingerprint density at radius 3 is 1.06 bits per heavy atom. The number of carbonyl (C=O) groups is 2. The zero-order valence-corrected chi connectivity index (χ0v) is 45.3. The molecule has 1 aliphatic rings. The lowest BCUT2D eigenvalue weighted by Crippen LogP contribution is -2.60. The second-order valence-electron chi connectivity index (χ2n) is 20.7. The van der Waals surface area contributed by atoms with Crippen LogP contribution in [-0.2, 0) is 38.7 Å². The fourth-order valence-electron chi connectivity index (χ4n) is 9.45. The molecule has 0 aromatic rings. The van der Waals surface area contributed by atoms with E-state index in [0.29, 0.717) is 12.8 Å². The van der Waals surface area contributed by atoms with Crippen molar-refractivity contribution in [2.24, 2.45) is 0 Å². The van der Waals surface area contributed by atoms with E-state index in [4.69, 9.17) is 18.9 Å². The minimum Gasteiger partial charge on any atom is -0.462 e. The summed E-state index contributed by atoms with van der Waals surface area (Å²) in [7, 11) is -4.60. The van der Waals surface area contributed by atoms with Gasteiger partial charge in [-0.3, -0.25) is 14.1 Å². The molecule has 0 spiro atoms. The van der Waals surface area contributed by atoms with Gasteiger partial charge in [-0.05, 0) is 12.8 Å². The minimum atomic E-state index is -4.60. The molecule has 0 aromatic heterocycles. The fourth-order valence-corrected chi connectivity index (χ4v) is 10.1. The molecule has 0 aliphatic carbocycles. The number of esters is 2. The topological polar surface area (TPSA) is 186 Å². The van der Waals surface area contributed by atoms with Crippen LogP contribution in [0.4, 0.5) is 0 Å². The van der Waals surface area contributed by atoms with E-state index >= 15 is 0 Å². The molecule has 1 aliphatic heterocycles. The van der Waals surface area contributed by atoms with Gasteiger partial charge in [0.15, 0.2) is 12.4 Å². The van der Waals surface area contributed by atoms with Crippen LogP contribution in [0, 0.1) is 0 Å². The van der Waals surface area contributed by atoms with Crippen LogP contribution in [0.1, 0.15) is 290 Å². The Hall–Kier alpha value is -1.35. The van der Waals surface area contributed by atoms with Crippen LogP contribution in [0.5, 0.6) is 0 Å². The number of hydrogen-bond acceptors (Lipinski definition) is 11. The predicted molar refractivity (Wildman–Crippen MR) is 280 cm³/mol. The summed E-state index contributed by atoms with van der Waals surface area (Å²) < 4.78 is 54.4. The highest BCUT2D eigenvalue weighted by molar-refractivity contribution is 7.85. The highest BCUT2D eigenvalue weighted by Crippen LogP contribution is 2.24. The van der Waals surface area contributed by atoms with Crippen LogP contribution in [0.3, 0.4) is 0 Å². The maximum atomic E-state index is 12.9. The van der Waals surface area contributed by atoms with E-state index in [-0.39, 0.29) is 19.4 Å². The second-order valence-corrected chi connectivity index (χ2v) is 22.2. The standard InChI is InChI=1S/C56H108O12S/c1-3-5-7-9-11-13-15-17-19-21-23-24-25-26-27-29-30-32-34-36-38-40-42-44-51(57)65-46-49(47-66-56-55(61)54(60)53(59)50(68-56)48-69(62,63)64)67-52(58)45-43-41-39-37-35-33-31-28-22-20-18-16-14-12-10-8-6-4-2/h49-50,53-56,59-61H,3-48H2,1-2H3,(H,62,63,64)/t49-,50-,53-,54?,55?,56+/m1/s1. The van der Waals surface area contributed by atoms with Gasteiger partial charge in [0.25, 0.3) is 10.1 Å². The van der Waals surface area contributed by atoms with Gasteiger partial charge in [0, 0.05) is 12.8 Å². The molecule has 0 aromatic carbocycles. The molecule has 2 unspecified atom stereocenters. The maximum Gasteiger partial charge on any atom is 0.306 e. The molecule has 1 rings (SSSR count). The second kappa shape index (κ2) is 46.4. The van der Waals surface area contributed by atoms with E-state index in [1.807, 2.05) is 0 Å². The van der Waals surface area contributed by atoms with Crippen molar-refractivity contribution in [1.29, 1.82) is 0 Å². The Bertz CT molecular complexity index is 1270. The van der Waals surface area contributed by atoms with Crippen molar-refractivity contribution in [3.8, 4) is 0 Å². The van der Waals surface area contributed by atoms with Crippen LogP contribution in [0.25, 0.3) is 0 Å². The highest BCUT2D eigenvalue weighted by Gasteiger charge is 2.46. The van der Waals surface area contributed by atoms with Crippen molar-refractivity contribution < 1.29 is 56.8 Å². The lowest BCUT2D eigenvalue weighted by atomic mass is 10.00. The van der Waals surface area contributed by atoms with E-state index in [0.717, 1.165) is 38.5 Å². The molecule has 1 heterocycles. The van der Waals surface area contributed by atoms with Gasteiger partial charge in [0.2, 0.25) is 0 Å². The number of unbranched alkanes of at least 4 members (excludes halogenated alkanes) is 39. The molecular formula is C56H108O12S. The van der Waals surface area contributed by atoms with E-state index in [2.05, 4.69) is 13.8 Å². The van der Waals surface area contributed by atoms with Crippen molar-refractivity contribution in [3.05, 3.63) is 0 Å². The van der Waals surface area contributed by atoms with E-state index < -0.39 is 71.2 Å². The van der Waals surface area contributed by atoms with Crippen molar-refractivity contribution in [1.82, 2.24) is 0 Å². The summed E-state index contributed by atoms with van der Waals surface area (Å²) in [6.45, 7) is 3.84. The van der Waals surface area contributed by atoms with Crippen LogP contribution < -0.4 is 0 Å². The van der Waals surface area contributed by atoms with E-state index in [1.54, 1.807) is 0 Å². The smallest absolute Gasteiger partial charge is 0.306 e. The molecule has 69 heavy (non-hydrogen) atoms. The summed E-state index contributed by atoms with van der Waals surface area (Å²) in [6.07, 6.45) is 42.9. The molecule has 4 N–H and O–H groups in total. The normalized spacial score (nSPS) is 19.0. The Morgan fingerprint density at radius 2 is 0.739 bits per heavy atom. The van der Waals surface area contributed by atoms with E-state index in [9.17, 15) is 37.9 Å². The van der Waals surface area contributed by atoms with Crippen LogP contribution in [0.15, 0.2) is 0 Å². The molecule has 0 saturated carbocycles. The van der Waals surface area contributed by atoms with Crippen LogP contribution in [0.2, 0.25) is 0 Å². The Labute approximate surface area is 423 Å². The summed E-state index contributed by atoms with van der Waals surface area (Å²) in [5.74, 6) is -1.95. The Morgan fingerprint density at radius 1 is 0.435 bits per heavy atom. The third-order valence-electron chi connectivity index (χ3n) is 13.9. The average molecular weight is 1010 g/mol. The monoisotopic (exact) mass is 1000 g/mol. The molecule has 0 amide bonds. The lowest BCUT2D eigenvalue weighted by Gasteiger charge is -2.40. The predicted octanol–water partition coefficient (Wildman–Crippen LogP) is 14.0. The zero-order valence-electron chi connectivity index (χ0n) is 44.5. The van der Waals surface area contributed by atoms with Crippen LogP contribution in [-0.4, -0.2) is 96.0 Å². The number of aliphatic hydroxyl groups is 3. The lowest BCUT2D eigenvalue weighted by molar-refractivity contribution is -0.297. The summed E-state index contributed by atoms with van der Waals surface area (Å²) in [6, 6.07) is 0. The minimum absolute atomic E-state index is 0.173. The quantitative estimate of drug-likeness (QED) is 0.0257. The van der Waals surface area contributed by atoms with Gasteiger partial charge in [-0.2, -0.15) is 8.42 Å². The van der Waals surface area contributed by atoms with Gasteiger partial charge in [0.1, 0.15) is 36.8 Å². The summed E-state index contributed by atoms with van der Waals surface area (Å²) in [4.78, 5) is 25.6. The summed E-state index contributed by atoms with van der Waals surface area (Å²) in [5.41, 5.74) is 0. The van der Waals surface area contributed by atoms with Crippen molar-refractivity contribution in [3.63, 3.8) is 0 Å². The number of ether oxygens (including phenoxy) is 4. The first-order valence-corrected chi connectivity index (χ1v) is 30.7. The largest absolute Gasteiger partial charge is 0.462 e. The molecule has 0 bridgehead atoms. The molecule has 410 valence electrons. The number of aliphatic hydroxyl groups excluding tert-OH is 3. The average Bonchev–Trinajstić information content (AvgIpc) is 3.32. The van der Waals surface area contributed by atoms with Crippen molar-refractivity contribution in [2.75, 3.05) is 19.0 Å². The summed E-state index contributed by atoms with van der Waals surface area (Å²) >= 11 is 0. The Balaban J connectivity index is 2.28. The molecule has 13 heteroatoms. The number of hydrogen-bond donors (Lipinski definition) is 4. The van der Waals surface area contributed by atoms with E-state index in [1.165, 1.54) is 212 Å². The van der Waals surface area contributed by atoms with Gasteiger partial charge < -0.3 is 34.3 Å².